The number of hydrogen-bond donors (Lipinski definition) is 2. The van der Waals surface area contributed by atoms with Gasteiger partial charge in [-0.1, -0.05) is 29.8 Å². The first-order chi connectivity index (χ1) is 7.15. The van der Waals surface area contributed by atoms with Crippen LogP contribution in [0.15, 0.2) is 6.20 Å². The maximum Gasteiger partial charge on any atom is 0.273 e. The summed E-state index contributed by atoms with van der Waals surface area (Å²) >= 11 is 3.37. The number of nitrogens with zero attached hydrogens (tertiary/aromatic N) is 2. The van der Waals surface area contributed by atoms with Crippen molar-refractivity contribution in [2.75, 3.05) is 5.33 Å². The topological polar surface area (TPSA) is 70.7 Å². The van der Waals surface area contributed by atoms with Crippen LogP contribution in [0.1, 0.15) is 30.8 Å². The predicted molar refractivity (Wildman–Crippen MR) is 60.9 cm³/mol. The number of alkyl halides is 1. The number of aromatic nitrogens is 3. The third-order valence-corrected chi connectivity index (χ3v) is 2.65. The number of carbonyl (C=O) groups is 1. The lowest BCUT2D eigenvalue weighted by molar-refractivity contribution is 0.0920. The van der Waals surface area contributed by atoms with E-state index in [9.17, 15) is 4.79 Å². The molecule has 0 aliphatic heterocycles. The highest BCUT2D eigenvalue weighted by molar-refractivity contribution is 9.09. The van der Waals surface area contributed by atoms with E-state index in [1.165, 1.54) is 6.20 Å². The summed E-state index contributed by atoms with van der Waals surface area (Å²) in [6, 6.07) is 0.161. The van der Waals surface area contributed by atoms with Crippen molar-refractivity contribution in [2.45, 2.75) is 26.3 Å². The minimum Gasteiger partial charge on any atom is -0.348 e. The van der Waals surface area contributed by atoms with Gasteiger partial charge in [0.1, 0.15) is 0 Å². The molecular formula is C9H15BrN4O. The van der Waals surface area contributed by atoms with Crippen molar-refractivity contribution < 1.29 is 4.79 Å². The first-order valence-electron chi connectivity index (χ1n) is 4.87. The Morgan fingerprint density at radius 3 is 2.87 bits per heavy atom. The summed E-state index contributed by atoms with van der Waals surface area (Å²) in [4.78, 5) is 11.6. The minimum absolute atomic E-state index is 0.161. The Hall–Kier alpha value is -0.910. The second-order valence-electron chi connectivity index (χ2n) is 3.66. The van der Waals surface area contributed by atoms with Gasteiger partial charge in [0.15, 0.2) is 5.69 Å². The van der Waals surface area contributed by atoms with E-state index in [4.69, 9.17) is 0 Å². The molecule has 1 aromatic heterocycles. The molecule has 1 heterocycles. The Bertz CT molecular complexity index is 299. The van der Waals surface area contributed by atoms with E-state index in [-0.39, 0.29) is 11.9 Å². The molecule has 1 unspecified atom stereocenters. The van der Waals surface area contributed by atoms with Gasteiger partial charge in [-0.05, 0) is 12.3 Å². The van der Waals surface area contributed by atoms with Crippen LogP contribution in [0.25, 0.3) is 0 Å². The van der Waals surface area contributed by atoms with Crippen molar-refractivity contribution in [3.8, 4) is 0 Å². The Labute approximate surface area is 97.2 Å². The van der Waals surface area contributed by atoms with Crippen LogP contribution >= 0.6 is 15.9 Å². The Balaban J connectivity index is 2.55. The van der Waals surface area contributed by atoms with Crippen molar-refractivity contribution in [1.29, 1.82) is 0 Å². The lowest BCUT2D eigenvalue weighted by Crippen LogP contribution is -2.39. The molecule has 2 N–H and O–H groups in total. The fraction of sp³-hybridized carbons (Fsp3) is 0.667. The van der Waals surface area contributed by atoms with E-state index in [0.717, 1.165) is 11.8 Å². The van der Waals surface area contributed by atoms with Crippen LogP contribution in [-0.4, -0.2) is 32.7 Å². The third kappa shape index (κ3) is 3.62. The van der Waals surface area contributed by atoms with Crippen molar-refractivity contribution in [3.63, 3.8) is 0 Å². The third-order valence-electron chi connectivity index (χ3n) is 2.19. The van der Waals surface area contributed by atoms with Gasteiger partial charge in [0.05, 0.1) is 6.20 Å². The fourth-order valence-corrected chi connectivity index (χ4v) is 1.74. The molecule has 0 radical (unpaired) electrons. The number of rotatable bonds is 5. The van der Waals surface area contributed by atoms with Crippen LogP contribution in [0.2, 0.25) is 0 Å². The maximum absolute atomic E-state index is 11.6. The highest BCUT2D eigenvalue weighted by Gasteiger charge is 2.17. The Kier molecular flexibility index (Phi) is 4.74. The van der Waals surface area contributed by atoms with Crippen molar-refractivity contribution in [1.82, 2.24) is 20.7 Å². The van der Waals surface area contributed by atoms with Crippen molar-refractivity contribution in [2.24, 2.45) is 5.92 Å². The van der Waals surface area contributed by atoms with E-state index in [2.05, 4.69) is 50.5 Å². The number of amides is 1. The Morgan fingerprint density at radius 1 is 1.67 bits per heavy atom. The lowest BCUT2D eigenvalue weighted by atomic mass is 10.0. The lowest BCUT2D eigenvalue weighted by Gasteiger charge is -2.20. The van der Waals surface area contributed by atoms with Gasteiger partial charge in [0.25, 0.3) is 5.91 Å². The summed E-state index contributed by atoms with van der Waals surface area (Å²) in [6.07, 6.45) is 2.32. The largest absolute Gasteiger partial charge is 0.348 e. The van der Waals surface area contributed by atoms with Crippen LogP contribution in [0, 0.1) is 5.92 Å². The monoisotopic (exact) mass is 274 g/mol. The second-order valence-corrected chi connectivity index (χ2v) is 4.45. The zero-order valence-corrected chi connectivity index (χ0v) is 10.4. The molecule has 1 atom stereocenters. The number of H-pyrrole nitrogens is 1. The van der Waals surface area contributed by atoms with Gasteiger partial charge < -0.3 is 5.32 Å². The summed E-state index contributed by atoms with van der Waals surface area (Å²) in [6.45, 7) is 4.16. The number of halogens is 1. The molecular weight excluding hydrogens is 260 g/mol. The van der Waals surface area contributed by atoms with E-state index in [1.807, 2.05) is 0 Å². The SMILES string of the molecule is CC(C)C(CCBr)NC(=O)c1cn[nH]n1. The first kappa shape index (κ1) is 12.2. The van der Waals surface area contributed by atoms with E-state index >= 15 is 0 Å². The van der Waals surface area contributed by atoms with E-state index in [1.54, 1.807) is 0 Å². The smallest absolute Gasteiger partial charge is 0.273 e. The van der Waals surface area contributed by atoms with Crippen LogP contribution in [-0.2, 0) is 0 Å². The van der Waals surface area contributed by atoms with Crippen LogP contribution in [0.3, 0.4) is 0 Å². The minimum atomic E-state index is -0.177. The summed E-state index contributed by atoms with van der Waals surface area (Å²) in [7, 11) is 0. The second kappa shape index (κ2) is 5.85. The van der Waals surface area contributed by atoms with Gasteiger partial charge in [0, 0.05) is 11.4 Å². The highest BCUT2D eigenvalue weighted by atomic mass is 79.9. The number of nitrogens with one attached hydrogen (secondary N) is 2. The van der Waals surface area contributed by atoms with E-state index < -0.39 is 0 Å². The zero-order valence-electron chi connectivity index (χ0n) is 8.83. The molecule has 0 fully saturated rings. The summed E-state index contributed by atoms with van der Waals surface area (Å²) in [5.74, 6) is 0.224. The zero-order chi connectivity index (χ0) is 11.3. The standard InChI is InChI=1S/C9H15BrN4O/c1-6(2)7(3-4-10)12-9(15)8-5-11-14-13-8/h5-7H,3-4H2,1-2H3,(H,12,15)(H,11,13,14). The highest BCUT2D eigenvalue weighted by Crippen LogP contribution is 2.08. The average Bonchev–Trinajstić information content (AvgIpc) is 2.69. The molecule has 0 saturated heterocycles. The summed E-state index contributed by atoms with van der Waals surface area (Å²) in [5.41, 5.74) is 0.329. The predicted octanol–water partition coefficient (Wildman–Crippen LogP) is 1.34. The Morgan fingerprint density at radius 2 is 2.40 bits per heavy atom. The number of carbonyl (C=O) groups excluding carboxylic acids is 1. The molecule has 0 aliphatic carbocycles. The molecule has 84 valence electrons. The molecule has 1 aromatic rings. The van der Waals surface area contributed by atoms with Gasteiger partial charge in [0.2, 0.25) is 0 Å². The van der Waals surface area contributed by atoms with Crippen molar-refractivity contribution in [3.05, 3.63) is 11.9 Å². The van der Waals surface area contributed by atoms with Crippen molar-refractivity contribution >= 4 is 21.8 Å². The molecule has 1 rings (SSSR count). The van der Waals surface area contributed by atoms with Gasteiger partial charge in [-0.25, -0.2) is 0 Å². The van der Waals surface area contributed by atoms with Gasteiger partial charge in [-0.3, -0.25) is 4.79 Å². The van der Waals surface area contributed by atoms with Gasteiger partial charge >= 0.3 is 0 Å². The van der Waals surface area contributed by atoms with Crippen LogP contribution in [0.5, 0.6) is 0 Å². The summed E-state index contributed by atoms with van der Waals surface area (Å²) in [5, 5.41) is 13.5. The molecule has 0 spiro atoms. The molecule has 0 saturated carbocycles. The van der Waals surface area contributed by atoms with E-state index in [0.29, 0.717) is 11.6 Å². The fourth-order valence-electron chi connectivity index (χ4n) is 1.24. The molecule has 0 aromatic carbocycles. The number of aromatic amines is 1. The first-order valence-corrected chi connectivity index (χ1v) is 6.00. The molecule has 6 heteroatoms. The normalized spacial score (nSPS) is 12.8. The number of hydrogen-bond acceptors (Lipinski definition) is 3. The van der Waals surface area contributed by atoms with Gasteiger partial charge in [-0.15, -0.1) is 0 Å². The average molecular weight is 275 g/mol. The van der Waals surface area contributed by atoms with Crippen LogP contribution < -0.4 is 5.32 Å². The quantitative estimate of drug-likeness (QED) is 0.797. The molecule has 0 bridgehead atoms. The van der Waals surface area contributed by atoms with Crippen LogP contribution in [0.4, 0.5) is 0 Å². The van der Waals surface area contributed by atoms with Gasteiger partial charge in [-0.2, -0.15) is 15.4 Å². The molecule has 0 aliphatic rings. The molecule has 5 nitrogen and oxygen atoms in total. The molecule has 1 amide bonds. The summed E-state index contributed by atoms with van der Waals surface area (Å²) < 4.78 is 0. The molecule has 15 heavy (non-hydrogen) atoms. The maximum atomic E-state index is 11.6.